The zero-order valence-electron chi connectivity index (χ0n) is 11.8. The highest BCUT2D eigenvalue weighted by molar-refractivity contribution is 5.78. The first-order valence-corrected chi connectivity index (χ1v) is 6.97. The molecule has 0 aliphatic heterocycles. The Morgan fingerprint density at radius 2 is 1.95 bits per heavy atom. The number of aromatic nitrogens is 2. The third-order valence-electron chi connectivity index (χ3n) is 3.40. The van der Waals surface area contributed by atoms with Gasteiger partial charge in [-0.25, -0.2) is 4.39 Å². The molecule has 2 heterocycles. The van der Waals surface area contributed by atoms with Crippen molar-refractivity contribution in [1.29, 1.82) is 0 Å². The Hall–Kier alpha value is -2.33. The van der Waals surface area contributed by atoms with Crippen LogP contribution in [0.5, 0.6) is 0 Å². The van der Waals surface area contributed by atoms with Crippen molar-refractivity contribution in [1.82, 2.24) is 15.3 Å². The monoisotopic (exact) mass is 281 g/mol. The molecule has 106 valence electrons. The number of rotatable bonds is 4. The fraction of sp³-hybridized carbons (Fsp3) is 0.176. The fourth-order valence-corrected chi connectivity index (χ4v) is 2.40. The highest BCUT2D eigenvalue weighted by Gasteiger charge is 2.15. The zero-order valence-corrected chi connectivity index (χ0v) is 11.8. The van der Waals surface area contributed by atoms with E-state index < -0.39 is 0 Å². The van der Waals surface area contributed by atoms with E-state index in [9.17, 15) is 4.39 Å². The average Bonchev–Trinajstić information content (AvgIpc) is 2.53. The maximum Gasteiger partial charge on any atom is 0.141 e. The van der Waals surface area contributed by atoms with Crippen LogP contribution in [-0.2, 0) is 0 Å². The van der Waals surface area contributed by atoms with Gasteiger partial charge in [-0.1, -0.05) is 25.1 Å². The molecule has 3 rings (SSSR count). The van der Waals surface area contributed by atoms with Gasteiger partial charge in [0, 0.05) is 11.6 Å². The van der Waals surface area contributed by atoms with Gasteiger partial charge in [-0.05, 0) is 36.4 Å². The van der Waals surface area contributed by atoms with Crippen molar-refractivity contribution in [3.05, 3.63) is 71.9 Å². The predicted octanol–water partition coefficient (Wildman–Crippen LogP) is 3.47. The third kappa shape index (κ3) is 2.90. The number of para-hydroxylation sites is 1. The molecule has 1 N–H and O–H groups in total. The van der Waals surface area contributed by atoms with Gasteiger partial charge in [-0.2, -0.15) is 0 Å². The second-order valence-corrected chi connectivity index (χ2v) is 4.85. The molecule has 0 fully saturated rings. The summed E-state index contributed by atoms with van der Waals surface area (Å²) in [6.07, 6.45) is 3.09. The number of halogens is 1. The second-order valence-electron chi connectivity index (χ2n) is 4.85. The molecule has 1 aromatic carbocycles. The summed E-state index contributed by atoms with van der Waals surface area (Å²) in [6.45, 7) is 2.82. The highest BCUT2D eigenvalue weighted by Crippen LogP contribution is 2.23. The Labute approximate surface area is 122 Å². The Balaban J connectivity index is 2.04. The fourth-order valence-electron chi connectivity index (χ4n) is 2.40. The Morgan fingerprint density at radius 3 is 2.71 bits per heavy atom. The van der Waals surface area contributed by atoms with Gasteiger partial charge in [0.1, 0.15) is 5.82 Å². The van der Waals surface area contributed by atoms with Gasteiger partial charge >= 0.3 is 0 Å². The minimum Gasteiger partial charge on any atom is -0.305 e. The number of hydrogen-bond acceptors (Lipinski definition) is 3. The summed E-state index contributed by atoms with van der Waals surface area (Å²) in [5, 5.41) is 4.46. The summed E-state index contributed by atoms with van der Waals surface area (Å²) in [5.74, 6) is -0.328. The van der Waals surface area contributed by atoms with E-state index in [4.69, 9.17) is 0 Å². The maximum absolute atomic E-state index is 13.1. The van der Waals surface area contributed by atoms with Gasteiger partial charge in [-0.3, -0.25) is 9.97 Å². The van der Waals surface area contributed by atoms with E-state index in [1.165, 1.54) is 12.3 Å². The molecule has 0 radical (unpaired) electrons. The molecule has 1 unspecified atom stereocenters. The summed E-state index contributed by atoms with van der Waals surface area (Å²) in [6, 6.07) is 13.1. The van der Waals surface area contributed by atoms with Crippen LogP contribution in [0.25, 0.3) is 10.9 Å². The minimum absolute atomic E-state index is 0.0901. The molecule has 0 aliphatic carbocycles. The summed E-state index contributed by atoms with van der Waals surface area (Å²) >= 11 is 0. The van der Waals surface area contributed by atoms with Crippen LogP contribution in [0.15, 0.2) is 54.9 Å². The molecule has 3 aromatic rings. The lowest BCUT2D eigenvalue weighted by Gasteiger charge is -2.18. The van der Waals surface area contributed by atoms with Crippen LogP contribution >= 0.6 is 0 Å². The molecule has 3 nitrogen and oxygen atoms in total. The lowest BCUT2D eigenvalue weighted by Crippen LogP contribution is -2.23. The largest absolute Gasteiger partial charge is 0.305 e. The van der Waals surface area contributed by atoms with Gasteiger partial charge in [-0.15, -0.1) is 0 Å². The molecule has 0 saturated carbocycles. The average molecular weight is 281 g/mol. The van der Waals surface area contributed by atoms with Gasteiger partial charge in [0.2, 0.25) is 0 Å². The lowest BCUT2D eigenvalue weighted by molar-refractivity contribution is 0.594. The molecule has 0 saturated heterocycles. The second kappa shape index (κ2) is 5.97. The van der Waals surface area contributed by atoms with Crippen LogP contribution in [0.1, 0.15) is 24.2 Å². The van der Waals surface area contributed by atoms with Crippen LogP contribution < -0.4 is 5.32 Å². The van der Waals surface area contributed by atoms with E-state index in [1.54, 1.807) is 6.07 Å². The normalized spacial score (nSPS) is 12.5. The first-order valence-electron chi connectivity index (χ1n) is 6.97. The molecule has 21 heavy (non-hydrogen) atoms. The van der Waals surface area contributed by atoms with E-state index >= 15 is 0 Å². The Bertz CT molecular complexity index is 740. The Morgan fingerprint density at radius 1 is 1.10 bits per heavy atom. The van der Waals surface area contributed by atoms with Crippen LogP contribution in [0.4, 0.5) is 4.39 Å². The number of nitrogens with one attached hydrogen (secondary N) is 1. The molecular formula is C17H16FN3. The van der Waals surface area contributed by atoms with Crippen LogP contribution in [0.3, 0.4) is 0 Å². The number of benzene rings is 1. The van der Waals surface area contributed by atoms with Gasteiger partial charge in [0.15, 0.2) is 0 Å². The smallest absolute Gasteiger partial charge is 0.141 e. The molecule has 4 heteroatoms. The summed E-state index contributed by atoms with van der Waals surface area (Å²) < 4.78 is 13.1. The molecular weight excluding hydrogens is 265 g/mol. The van der Waals surface area contributed by atoms with E-state index in [2.05, 4.69) is 21.4 Å². The molecule has 0 aliphatic rings. The van der Waals surface area contributed by atoms with Crippen LogP contribution in [0.2, 0.25) is 0 Å². The van der Waals surface area contributed by atoms with Crippen molar-refractivity contribution in [2.45, 2.75) is 13.0 Å². The van der Waals surface area contributed by atoms with Crippen LogP contribution in [-0.4, -0.2) is 16.5 Å². The molecule has 0 amide bonds. The van der Waals surface area contributed by atoms with Gasteiger partial charge in [0.25, 0.3) is 0 Å². The molecule has 2 aromatic heterocycles. The molecule has 0 spiro atoms. The summed E-state index contributed by atoms with van der Waals surface area (Å²) in [5.41, 5.74) is 2.77. The third-order valence-corrected chi connectivity index (χ3v) is 3.40. The van der Waals surface area contributed by atoms with Gasteiger partial charge < -0.3 is 5.32 Å². The van der Waals surface area contributed by atoms with Crippen molar-refractivity contribution in [3.63, 3.8) is 0 Å². The number of nitrogens with zero attached hydrogens (tertiary/aromatic N) is 2. The van der Waals surface area contributed by atoms with Crippen molar-refractivity contribution in [3.8, 4) is 0 Å². The predicted molar refractivity (Wildman–Crippen MR) is 81.5 cm³/mol. The number of hydrogen-bond donors (Lipinski definition) is 1. The standard InChI is InChI=1S/C17H16FN3/c1-2-19-17(16-8-7-14(18)11-21-16)13-9-12-5-3-4-6-15(12)20-10-13/h3-11,17,19H,2H2,1H3. The topological polar surface area (TPSA) is 37.8 Å². The van der Waals surface area contributed by atoms with Crippen LogP contribution in [0, 0.1) is 5.82 Å². The SMILES string of the molecule is CCNC(c1cnc2ccccc2c1)c1ccc(F)cn1. The highest BCUT2D eigenvalue weighted by atomic mass is 19.1. The van der Waals surface area contributed by atoms with E-state index in [1.807, 2.05) is 37.4 Å². The van der Waals surface area contributed by atoms with Gasteiger partial charge in [0.05, 0.1) is 23.4 Å². The van der Waals surface area contributed by atoms with E-state index in [0.29, 0.717) is 0 Å². The van der Waals surface area contributed by atoms with E-state index in [0.717, 1.165) is 28.7 Å². The quantitative estimate of drug-likeness (QED) is 0.795. The Kier molecular flexibility index (Phi) is 3.88. The molecule has 0 bridgehead atoms. The maximum atomic E-state index is 13.1. The summed E-state index contributed by atoms with van der Waals surface area (Å²) in [7, 11) is 0. The molecule has 1 atom stereocenters. The number of pyridine rings is 2. The zero-order chi connectivity index (χ0) is 14.7. The minimum atomic E-state index is -0.328. The first-order chi connectivity index (χ1) is 10.3. The number of fused-ring (bicyclic) bond motifs is 1. The lowest BCUT2D eigenvalue weighted by atomic mass is 10.0. The van der Waals surface area contributed by atoms with Crippen molar-refractivity contribution < 1.29 is 4.39 Å². The van der Waals surface area contributed by atoms with Crippen molar-refractivity contribution in [2.75, 3.05) is 6.54 Å². The van der Waals surface area contributed by atoms with Crippen molar-refractivity contribution >= 4 is 10.9 Å². The first kappa shape index (κ1) is 13.6. The van der Waals surface area contributed by atoms with Crippen molar-refractivity contribution in [2.24, 2.45) is 0 Å². The summed E-state index contributed by atoms with van der Waals surface area (Å²) in [4.78, 5) is 8.67. The van der Waals surface area contributed by atoms with E-state index in [-0.39, 0.29) is 11.9 Å².